The molecule has 4 aromatic rings. The quantitative estimate of drug-likeness (QED) is 0.549. The van der Waals surface area contributed by atoms with Crippen molar-refractivity contribution in [1.29, 1.82) is 0 Å². The second-order valence-corrected chi connectivity index (χ2v) is 5.74. The first-order valence-corrected chi connectivity index (χ1v) is 8.00. The van der Waals surface area contributed by atoms with Gasteiger partial charge < -0.3 is 4.74 Å². The fourth-order valence-electron chi connectivity index (χ4n) is 2.99. The van der Waals surface area contributed by atoms with Gasteiger partial charge in [0.05, 0.1) is 24.0 Å². The van der Waals surface area contributed by atoms with Crippen LogP contribution in [0.5, 0.6) is 5.75 Å². The third kappa shape index (κ3) is 2.65. The molecule has 0 radical (unpaired) electrons. The summed E-state index contributed by atoms with van der Waals surface area (Å²) >= 11 is 0. The Bertz CT molecular complexity index is 959. The van der Waals surface area contributed by atoms with Crippen LogP contribution in [0.25, 0.3) is 16.6 Å². The molecule has 1 aromatic heterocycles. The fourth-order valence-corrected chi connectivity index (χ4v) is 2.99. The molecule has 1 heterocycles. The Morgan fingerprint density at radius 2 is 1.58 bits per heavy atom. The van der Waals surface area contributed by atoms with E-state index in [0.29, 0.717) is 0 Å². The Labute approximate surface area is 141 Å². The minimum absolute atomic E-state index is 0.825. The van der Waals surface area contributed by atoms with Crippen LogP contribution >= 0.6 is 0 Å². The van der Waals surface area contributed by atoms with Gasteiger partial charge in [0.15, 0.2) is 0 Å². The van der Waals surface area contributed by atoms with Crippen molar-refractivity contribution in [3.63, 3.8) is 0 Å². The van der Waals surface area contributed by atoms with Gasteiger partial charge in [0.25, 0.3) is 0 Å². The van der Waals surface area contributed by atoms with Gasteiger partial charge in [-0.25, -0.2) is 4.68 Å². The molecule has 3 heteroatoms. The van der Waals surface area contributed by atoms with E-state index in [1.54, 1.807) is 7.11 Å². The third-order valence-electron chi connectivity index (χ3n) is 4.19. The molecule has 3 nitrogen and oxygen atoms in total. The van der Waals surface area contributed by atoms with Gasteiger partial charge in [-0.15, -0.1) is 0 Å². The molecule has 0 N–H and O–H groups in total. The SMILES string of the molecule is COc1ccc2c(Cc3ccccc3)n(-c3ccccc3)nc2c1. The van der Waals surface area contributed by atoms with E-state index in [4.69, 9.17) is 9.84 Å². The van der Waals surface area contributed by atoms with Crippen LogP contribution in [0.2, 0.25) is 0 Å². The maximum absolute atomic E-state index is 5.35. The number of hydrogen-bond donors (Lipinski definition) is 0. The van der Waals surface area contributed by atoms with E-state index < -0.39 is 0 Å². The third-order valence-corrected chi connectivity index (χ3v) is 4.19. The highest BCUT2D eigenvalue weighted by molar-refractivity contribution is 5.84. The molecule has 24 heavy (non-hydrogen) atoms. The molecule has 0 aliphatic rings. The largest absolute Gasteiger partial charge is 0.497 e. The zero-order valence-electron chi connectivity index (χ0n) is 13.5. The average Bonchev–Trinajstić information content (AvgIpc) is 3.01. The molecule has 0 unspecified atom stereocenters. The lowest BCUT2D eigenvalue weighted by Gasteiger charge is -2.08. The van der Waals surface area contributed by atoms with Crippen molar-refractivity contribution >= 4 is 10.9 Å². The van der Waals surface area contributed by atoms with Crippen LogP contribution in [0.15, 0.2) is 78.9 Å². The van der Waals surface area contributed by atoms with Crippen molar-refractivity contribution in [2.24, 2.45) is 0 Å². The minimum Gasteiger partial charge on any atom is -0.497 e. The predicted octanol–water partition coefficient (Wildman–Crippen LogP) is 4.62. The van der Waals surface area contributed by atoms with E-state index >= 15 is 0 Å². The Hall–Kier alpha value is -3.07. The highest BCUT2D eigenvalue weighted by Crippen LogP contribution is 2.27. The van der Waals surface area contributed by atoms with Gasteiger partial charge >= 0.3 is 0 Å². The Morgan fingerprint density at radius 1 is 0.875 bits per heavy atom. The molecule has 4 rings (SSSR count). The molecule has 3 aromatic carbocycles. The van der Waals surface area contributed by atoms with Crippen LogP contribution in [0, 0.1) is 0 Å². The summed E-state index contributed by atoms with van der Waals surface area (Å²) in [4.78, 5) is 0. The maximum Gasteiger partial charge on any atom is 0.121 e. The predicted molar refractivity (Wildman–Crippen MR) is 96.9 cm³/mol. The molecular weight excluding hydrogens is 296 g/mol. The van der Waals surface area contributed by atoms with Crippen molar-refractivity contribution in [1.82, 2.24) is 9.78 Å². The van der Waals surface area contributed by atoms with E-state index in [-0.39, 0.29) is 0 Å². The first kappa shape index (κ1) is 14.5. The van der Waals surface area contributed by atoms with Gasteiger partial charge in [0.2, 0.25) is 0 Å². The monoisotopic (exact) mass is 314 g/mol. The van der Waals surface area contributed by atoms with Crippen LogP contribution in [0.3, 0.4) is 0 Å². The number of methoxy groups -OCH3 is 1. The molecule has 0 aliphatic carbocycles. The molecule has 118 valence electrons. The molecule has 0 atom stereocenters. The number of fused-ring (bicyclic) bond motifs is 1. The van der Waals surface area contributed by atoms with Gasteiger partial charge in [-0.3, -0.25) is 0 Å². The zero-order valence-corrected chi connectivity index (χ0v) is 13.5. The van der Waals surface area contributed by atoms with Crippen molar-refractivity contribution in [3.05, 3.63) is 90.1 Å². The Morgan fingerprint density at radius 3 is 2.29 bits per heavy atom. The number of benzene rings is 3. The lowest BCUT2D eigenvalue weighted by atomic mass is 10.1. The van der Waals surface area contributed by atoms with E-state index in [2.05, 4.69) is 42.5 Å². The van der Waals surface area contributed by atoms with Gasteiger partial charge in [-0.1, -0.05) is 48.5 Å². The summed E-state index contributed by atoms with van der Waals surface area (Å²) < 4.78 is 7.38. The first-order chi connectivity index (χ1) is 11.8. The smallest absolute Gasteiger partial charge is 0.121 e. The number of para-hydroxylation sites is 1. The van der Waals surface area contributed by atoms with Crippen LogP contribution in [-0.2, 0) is 6.42 Å². The molecule has 0 bridgehead atoms. The molecular formula is C21H18N2O. The molecule has 0 amide bonds. The maximum atomic E-state index is 5.35. The molecule has 0 fully saturated rings. The van der Waals surface area contributed by atoms with Gasteiger partial charge in [-0.2, -0.15) is 5.10 Å². The number of rotatable bonds is 4. The highest BCUT2D eigenvalue weighted by atomic mass is 16.5. The lowest BCUT2D eigenvalue weighted by Crippen LogP contribution is -2.02. The summed E-state index contributed by atoms with van der Waals surface area (Å²) in [5, 5.41) is 5.98. The van der Waals surface area contributed by atoms with E-state index in [1.807, 2.05) is 41.1 Å². The van der Waals surface area contributed by atoms with Gasteiger partial charge in [-0.05, 0) is 29.8 Å². The number of ether oxygens (including phenoxy) is 1. The lowest BCUT2D eigenvalue weighted by molar-refractivity contribution is 0.415. The summed E-state index contributed by atoms with van der Waals surface area (Å²) in [5.41, 5.74) is 4.47. The van der Waals surface area contributed by atoms with Crippen LogP contribution < -0.4 is 4.74 Å². The summed E-state index contributed by atoms with van der Waals surface area (Å²) in [6.07, 6.45) is 0.832. The van der Waals surface area contributed by atoms with Crippen molar-refractivity contribution in [2.75, 3.05) is 7.11 Å². The van der Waals surface area contributed by atoms with Crippen molar-refractivity contribution in [3.8, 4) is 11.4 Å². The van der Waals surface area contributed by atoms with Crippen LogP contribution in [-0.4, -0.2) is 16.9 Å². The molecule has 0 saturated heterocycles. The van der Waals surface area contributed by atoms with E-state index in [1.165, 1.54) is 11.3 Å². The number of hydrogen-bond acceptors (Lipinski definition) is 2. The summed E-state index contributed by atoms with van der Waals surface area (Å²) in [7, 11) is 1.68. The second-order valence-electron chi connectivity index (χ2n) is 5.74. The fraction of sp³-hybridized carbons (Fsp3) is 0.0952. The minimum atomic E-state index is 0.825. The van der Waals surface area contributed by atoms with E-state index in [9.17, 15) is 0 Å². The van der Waals surface area contributed by atoms with Crippen molar-refractivity contribution in [2.45, 2.75) is 6.42 Å². The molecule has 0 spiro atoms. The second kappa shape index (κ2) is 6.20. The molecule has 0 aliphatic heterocycles. The summed E-state index contributed by atoms with van der Waals surface area (Å²) in [6, 6.07) is 26.8. The normalized spacial score (nSPS) is 10.9. The van der Waals surface area contributed by atoms with Crippen molar-refractivity contribution < 1.29 is 4.74 Å². The Kier molecular flexibility index (Phi) is 3.75. The standard InChI is InChI=1S/C21H18N2O/c1-24-18-12-13-19-20(15-18)22-23(17-10-6-3-7-11-17)21(19)14-16-8-4-2-5-9-16/h2-13,15H,14H2,1H3. The highest BCUT2D eigenvalue weighted by Gasteiger charge is 2.14. The van der Waals surface area contributed by atoms with E-state index in [0.717, 1.165) is 28.8 Å². The average molecular weight is 314 g/mol. The van der Waals surface area contributed by atoms with Gasteiger partial charge in [0.1, 0.15) is 5.75 Å². The topological polar surface area (TPSA) is 27.1 Å². The number of nitrogens with zero attached hydrogens (tertiary/aromatic N) is 2. The van der Waals surface area contributed by atoms with Gasteiger partial charge in [0, 0.05) is 17.9 Å². The summed E-state index contributed by atoms with van der Waals surface area (Å²) in [6.45, 7) is 0. The number of aromatic nitrogens is 2. The van der Waals surface area contributed by atoms with Crippen LogP contribution in [0.1, 0.15) is 11.3 Å². The Balaban J connectivity index is 1.91. The molecule has 0 saturated carbocycles. The summed E-state index contributed by atoms with van der Waals surface area (Å²) in [5.74, 6) is 0.825. The zero-order chi connectivity index (χ0) is 16.4. The first-order valence-electron chi connectivity index (χ1n) is 8.00. The van der Waals surface area contributed by atoms with Crippen LogP contribution in [0.4, 0.5) is 0 Å².